The Labute approximate surface area is 160 Å². The van der Waals surface area contributed by atoms with Crippen LogP contribution < -0.4 is 9.62 Å². The fraction of sp³-hybridized carbons (Fsp3) is 0.474. The number of hydrogen-bond donors (Lipinski definition) is 1. The van der Waals surface area contributed by atoms with Crippen LogP contribution in [0.4, 0.5) is 5.69 Å². The largest absolute Gasteiger partial charge is 0.309 e. The highest BCUT2D eigenvalue weighted by Crippen LogP contribution is 2.33. The molecule has 8 heteroatoms. The maximum absolute atomic E-state index is 12.7. The normalized spacial score (nSPS) is 16.6. The van der Waals surface area contributed by atoms with Gasteiger partial charge in [0.25, 0.3) is 0 Å². The van der Waals surface area contributed by atoms with E-state index in [1.54, 1.807) is 23.1 Å². The number of aryl methyl sites for hydroxylation is 2. The summed E-state index contributed by atoms with van der Waals surface area (Å²) in [6.07, 6.45) is 1.25. The van der Waals surface area contributed by atoms with Crippen molar-refractivity contribution >= 4 is 21.6 Å². The molecule has 0 saturated carbocycles. The number of sulfonamides is 1. The summed E-state index contributed by atoms with van der Waals surface area (Å²) in [5.41, 5.74) is 4.72. The monoisotopic (exact) mass is 390 g/mol. The van der Waals surface area contributed by atoms with E-state index in [0.29, 0.717) is 19.4 Å². The molecule has 27 heavy (non-hydrogen) atoms. The van der Waals surface area contributed by atoms with Crippen LogP contribution in [-0.2, 0) is 34.7 Å². The first-order chi connectivity index (χ1) is 12.6. The summed E-state index contributed by atoms with van der Waals surface area (Å²) in [4.78, 5) is 13.8. The number of rotatable bonds is 5. The SMILES string of the molecule is CC(=O)N1c2ccc(S(=O)(=O)NCCc3c(C)nn(C)c3C)cc2CC1C. The lowest BCUT2D eigenvalue weighted by Gasteiger charge is -2.20. The molecule has 0 aliphatic carbocycles. The van der Waals surface area contributed by atoms with Crippen LogP contribution in [0.1, 0.15) is 36.4 Å². The van der Waals surface area contributed by atoms with Gasteiger partial charge in [-0.1, -0.05) is 0 Å². The number of carbonyl (C=O) groups excluding carboxylic acids is 1. The molecule has 1 aromatic carbocycles. The smallest absolute Gasteiger partial charge is 0.240 e. The first-order valence-corrected chi connectivity index (χ1v) is 10.5. The van der Waals surface area contributed by atoms with Gasteiger partial charge in [-0.05, 0) is 62.9 Å². The number of nitrogens with zero attached hydrogens (tertiary/aromatic N) is 3. The number of hydrogen-bond acceptors (Lipinski definition) is 4. The van der Waals surface area contributed by atoms with Gasteiger partial charge in [-0.3, -0.25) is 9.48 Å². The maximum atomic E-state index is 12.7. The quantitative estimate of drug-likeness (QED) is 0.844. The molecule has 0 bridgehead atoms. The van der Waals surface area contributed by atoms with Gasteiger partial charge in [-0.2, -0.15) is 5.10 Å². The zero-order valence-corrected chi connectivity index (χ0v) is 17.2. The van der Waals surface area contributed by atoms with E-state index in [2.05, 4.69) is 9.82 Å². The van der Waals surface area contributed by atoms with E-state index in [1.807, 2.05) is 32.5 Å². The van der Waals surface area contributed by atoms with Gasteiger partial charge < -0.3 is 4.90 Å². The van der Waals surface area contributed by atoms with Gasteiger partial charge in [0.2, 0.25) is 15.9 Å². The minimum atomic E-state index is -3.61. The summed E-state index contributed by atoms with van der Waals surface area (Å²) in [5, 5.41) is 4.36. The van der Waals surface area contributed by atoms with Crippen molar-refractivity contribution in [2.75, 3.05) is 11.4 Å². The van der Waals surface area contributed by atoms with Gasteiger partial charge in [-0.15, -0.1) is 0 Å². The van der Waals surface area contributed by atoms with E-state index >= 15 is 0 Å². The van der Waals surface area contributed by atoms with Crippen LogP contribution in [0.2, 0.25) is 0 Å². The Hall–Kier alpha value is -2.19. The van der Waals surface area contributed by atoms with Gasteiger partial charge in [0, 0.05) is 37.9 Å². The van der Waals surface area contributed by atoms with Gasteiger partial charge in [-0.25, -0.2) is 13.1 Å². The van der Waals surface area contributed by atoms with Crippen molar-refractivity contribution in [3.05, 3.63) is 40.7 Å². The second-order valence-electron chi connectivity index (χ2n) is 7.15. The molecule has 0 fully saturated rings. The number of amides is 1. The molecular weight excluding hydrogens is 364 g/mol. The molecule has 0 saturated heterocycles. The first kappa shape index (κ1) is 19.6. The van der Waals surface area contributed by atoms with Gasteiger partial charge in [0.1, 0.15) is 0 Å². The second-order valence-corrected chi connectivity index (χ2v) is 8.92. The average Bonchev–Trinajstić information content (AvgIpc) is 3.03. The molecule has 1 amide bonds. The first-order valence-electron chi connectivity index (χ1n) is 9.03. The Morgan fingerprint density at radius 3 is 2.63 bits per heavy atom. The van der Waals surface area contributed by atoms with Crippen LogP contribution >= 0.6 is 0 Å². The molecule has 1 unspecified atom stereocenters. The zero-order valence-electron chi connectivity index (χ0n) is 16.4. The third-order valence-electron chi connectivity index (χ3n) is 5.24. The fourth-order valence-corrected chi connectivity index (χ4v) is 4.91. The number of anilines is 1. The van der Waals surface area contributed by atoms with Crippen molar-refractivity contribution in [2.24, 2.45) is 7.05 Å². The van der Waals surface area contributed by atoms with Crippen molar-refractivity contribution in [3.8, 4) is 0 Å². The van der Waals surface area contributed by atoms with Crippen LogP contribution in [0.3, 0.4) is 0 Å². The molecule has 1 aliphatic heterocycles. The van der Waals surface area contributed by atoms with Crippen LogP contribution in [0.25, 0.3) is 0 Å². The predicted octanol–water partition coefficient (Wildman–Crippen LogP) is 1.86. The molecule has 1 atom stereocenters. The second kappa shape index (κ2) is 7.09. The molecule has 0 spiro atoms. The number of benzene rings is 1. The van der Waals surface area contributed by atoms with Crippen LogP contribution in [0.15, 0.2) is 23.1 Å². The third kappa shape index (κ3) is 3.64. The maximum Gasteiger partial charge on any atom is 0.240 e. The van der Waals surface area contributed by atoms with Crippen molar-refractivity contribution in [1.82, 2.24) is 14.5 Å². The van der Waals surface area contributed by atoms with Crippen LogP contribution in [-0.4, -0.2) is 36.7 Å². The highest BCUT2D eigenvalue weighted by Gasteiger charge is 2.30. The highest BCUT2D eigenvalue weighted by molar-refractivity contribution is 7.89. The minimum Gasteiger partial charge on any atom is -0.309 e. The molecule has 146 valence electrons. The van der Waals surface area contributed by atoms with E-state index < -0.39 is 10.0 Å². The Bertz CT molecular complexity index is 995. The van der Waals surface area contributed by atoms with Crippen molar-refractivity contribution in [1.29, 1.82) is 0 Å². The van der Waals surface area contributed by atoms with Crippen LogP contribution in [0.5, 0.6) is 0 Å². The molecular formula is C19H26N4O3S. The third-order valence-corrected chi connectivity index (χ3v) is 6.70. The summed E-state index contributed by atoms with van der Waals surface area (Å²) in [7, 11) is -1.73. The standard InChI is InChI=1S/C19H26N4O3S/c1-12-10-16-11-17(6-7-19(16)23(12)15(4)24)27(25,26)20-9-8-18-13(2)21-22(5)14(18)3/h6-7,11-12,20H,8-10H2,1-5H3. The zero-order chi connectivity index (χ0) is 19.9. The van der Waals surface area contributed by atoms with Crippen LogP contribution in [0, 0.1) is 13.8 Å². The number of aromatic nitrogens is 2. The molecule has 2 heterocycles. The Kier molecular flexibility index (Phi) is 5.14. The Morgan fingerprint density at radius 2 is 2.04 bits per heavy atom. The summed E-state index contributed by atoms with van der Waals surface area (Å²) in [6, 6.07) is 5.01. The predicted molar refractivity (Wildman–Crippen MR) is 104 cm³/mol. The molecule has 1 aromatic heterocycles. The summed E-state index contributed by atoms with van der Waals surface area (Å²) in [5.74, 6) is -0.0304. The van der Waals surface area contributed by atoms with Gasteiger partial charge in [0.15, 0.2) is 0 Å². The molecule has 1 aliphatic rings. The number of nitrogens with one attached hydrogen (secondary N) is 1. The van der Waals surface area contributed by atoms with E-state index in [9.17, 15) is 13.2 Å². The van der Waals surface area contributed by atoms with Crippen molar-refractivity contribution in [2.45, 2.75) is 51.5 Å². The fourth-order valence-electron chi connectivity index (χ4n) is 3.83. The van der Waals surface area contributed by atoms with E-state index in [-0.39, 0.29) is 16.8 Å². The summed E-state index contributed by atoms with van der Waals surface area (Å²) in [6.45, 7) is 7.71. The molecule has 2 aromatic rings. The summed E-state index contributed by atoms with van der Waals surface area (Å²) < 4.78 is 29.8. The number of fused-ring (bicyclic) bond motifs is 1. The lowest BCUT2D eigenvalue weighted by molar-refractivity contribution is -0.116. The van der Waals surface area contributed by atoms with E-state index in [4.69, 9.17) is 0 Å². The van der Waals surface area contributed by atoms with E-state index in [1.165, 1.54) is 6.92 Å². The molecule has 3 rings (SSSR count). The van der Waals surface area contributed by atoms with E-state index in [0.717, 1.165) is 28.2 Å². The Morgan fingerprint density at radius 1 is 1.33 bits per heavy atom. The number of carbonyl (C=O) groups is 1. The molecule has 0 radical (unpaired) electrons. The lowest BCUT2D eigenvalue weighted by Crippen LogP contribution is -2.33. The molecule has 7 nitrogen and oxygen atoms in total. The lowest BCUT2D eigenvalue weighted by atomic mass is 10.1. The topological polar surface area (TPSA) is 84.3 Å². The summed E-state index contributed by atoms with van der Waals surface area (Å²) >= 11 is 0. The van der Waals surface area contributed by atoms with Crippen molar-refractivity contribution in [3.63, 3.8) is 0 Å². The minimum absolute atomic E-state index is 0.0304. The van der Waals surface area contributed by atoms with Gasteiger partial charge >= 0.3 is 0 Å². The highest BCUT2D eigenvalue weighted by atomic mass is 32.2. The molecule has 1 N–H and O–H groups in total. The Balaban J connectivity index is 1.74. The average molecular weight is 391 g/mol. The van der Waals surface area contributed by atoms with Gasteiger partial charge in [0.05, 0.1) is 10.6 Å². The van der Waals surface area contributed by atoms with Crippen molar-refractivity contribution < 1.29 is 13.2 Å².